The molecule has 0 saturated carbocycles. The molecule has 0 spiro atoms. The number of halogens is 1. The highest BCUT2D eigenvalue weighted by Crippen LogP contribution is 2.15. The summed E-state index contributed by atoms with van der Waals surface area (Å²) in [7, 11) is -3.66. The van der Waals surface area contributed by atoms with Crippen LogP contribution < -0.4 is 5.14 Å². The van der Waals surface area contributed by atoms with Gasteiger partial charge in [0.1, 0.15) is 0 Å². The molecule has 3 N–H and O–H groups in total. The molecule has 0 saturated heterocycles. The van der Waals surface area contributed by atoms with Crippen LogP contribution in [0.15, 0.2) is 15.7 Å². The minimum absolute atomic E-state index is 0.104. The SMILES string of the molecule is NS(=O)(=O)c1[nH]ncc1Br. The predicted octanol–water partition coefficient (Wildman–Crippen LogP) is -0.180. The maximum Gasteiger partial charge on any atom is 0.256 e. The number of primary sulfonamides is 1. The fourth-order valence-corrected chi connectivity index (χ4v) is 1.83. The molecular weight excluding hydrogens is 222 g/mol. The molecule has 0 aliphatic carbocycles. The van der Waals surface area contributed by atoms with E-state index in [1.807, 2.05) is 0 Å². The molecule has 1 rings (SSSR count). The molecule has 0 fully saturated rings. The van der Waals surface area contributed by atoms with Gasteiger partial charge in [0.2, 0.25) is 0 Å². The average Bonchev–Trinajstić information content (AvgIpc) is 2.11. The van der Waals surface area contributed by atoms with Crippen molar-refractivity contribution in [2.75, 3.05) is 0 Å². The number of rotatable bonds is 1. The van der Waals surface area contributed by atoms with Gasteiger partial charge < -0.3 is 0 Å². The Hall–Kier alpha value is -0.400. The van der Waals surface area contributed by atoms with Gasteiger partial charge in [-0.15, -0.1) is 0 Å². The quantitative estimate of drug-likeness (QED) is 0.695. The maximum absolute atomic E-state index is 10.6. The summed E-state index contributed by atoms with van der Waals surface area (Å²) in [6.45, 7) is 0. The predicted molar refractivity (Wildman–Crippen MR) is 37.7 cm³/mol. The number of H-pyrrole nitrogens is 1. The number of hydrogen-bond donors (Lipinski definition) is 2. The minimum Gasteiger partial charge on any atom is -0.265 e. The number of aromatic nitrogens is 2. The summed E-state index contributed by atoms with van der Waals surface area (Å²) < 4.78 is 21.5. The van der Waals surface area contributed by atoms with Gasteiger partial charge >= 0.3 is 0 Å². The van der Waals surface area contributed by atoms with E-state index in [0.29, 0.717) is 4.47 Å². The highest BCUT2D eigenvalue weighted by Gasteiger charge is 2.13. The Morgan fingerprint density at radius 1 is 1.70 bits per heavy atom. The third-order valence-corrected chi connectivity index (χ3v) is 2.59. The first-order valence-electron chi connectivity index (χ1n) is 2.23. The van der Waals surface area contributed by atoms with Gasteiger partial charge in [-0.3, -0.25) is 5.10 Å². The Labute approximate surface area is 65.8 Å². The number of nitrogens with two attached hydrogens (primary N) is 1. The van der Waals surface area contributed by atoms with E-state index in [-0.39, 0.29) is 5.03 Å². The molecule has 0 unspecified atom stereocenters. The summed E-state index contributed by atoms with van der Waals surface area (Å²) in [6.07, 6.45) is 1.32. The highest BCUT2D eigenvalue weighted by molar-refractivity contribution is 9.10. The molecule has 56 valence electrons. The zero-order valence-electron chi connectivity index (χ0n) is 4.70. The molecule has 0 radical (unpaired) electrons. The summed E-state index contributed by atoms with van der Waals surface area (Å²) in [5, 5.41) is 10.4. The van der Waals surface area contributed by atoms with Crippen molar-refractivity contribution in [3.8, 4) is 0 Å². The van der Waals surface area contributed by atoms with E-state index >= 15 is 0 Å². The summed E-state index contributed by atoms with van der Waals surface area (Å²) in [5.74, 6) is 0. The number of hydrogen-bond acceptors (Lipinski definition) is 3. The molecule has 1 aromatic heterocycles. The molecule has 0 aliphatic heterocycles. The zero-order chi connectivity index (χ0) is 7.78. The van der Waals surface area contributed by atoms with Crippen molar-refractivity contribution in [1.82, 2.24) is 10.2 Å². The van der Waals surface area contributed by atoms with Crippen molar-refractivity contribution in [1.29, 1.82) is 0 Å². The Morgan fingerprint density at radius 2 is 2.30 bits per heavy atom. The van der Waals surface area contributed by atoms with E-state index < -0.39 is 10.0 Å². The van der Waals surface area contributed by atoms with Gasteiger partial charge in [-0.1, -0.05) is 0 Å². The van der Waals surface area contributed by atoms with Gasteiger partial charge in [0.05, 0.1) is 10.7 Å². The Morgan fingerprint density at radius 3 is 2.50 bits per heavy atom. The van der Waals surface area contributed by atoms with Crippen molar-refractivity contribution in [2.45, 2.75) is 5.03 Å². The highest BCUT2D eigenvalue weighted by atomic mass is 79.9. The number of aromatic amines is 1. The van der Waals surface area contributed by atoms with Gasteiger partial charge in [0.25, 0.3) is 10.0 Å². The van der Waals surface area contributed by atoms with Crippen LogP contribution in [0.3, 0.4) is 0 Å². The summed E-state index contributed by atoms with van der Waals surface area (Å²) in [4.78, 5) is 0. The van der Waals surface area contributed by atoms with Crippen LogP contribution in [-0.4, -0.2) is 18.6 Å². The summed E-state index contributed by atoms with van der Waals surface area (Å²) in [5.41, 5.74) is 0. The van der Waals surface area contributed by atoms with Gasteiger partial charge in [-0.25, -0.2) is 13.6 Å². The number of nitrogens with one attached hydrogen (secondary N) is 1. The second-order valence-electron chi connectivity index (χ2n) is 1.59. The van der Waals surface area contributed by atoms with Crippen molar-refractivity contribution >= 4 is 26.0 Å². The fourth-order valence-electron chi connectivity index (χ4n) is 0.459. The van der Waals surface area contributed by atoms with Crippen LogP contribution in [0.25, 0.3) is 0 Å². The van der Waals surface area contributed by atoms with E-state index in [9.17, 15) is 8.42 Å². The maximum atomic E-state index is 10.6. The van der Waals surface area contributed by atoms with Crippen LogP contribution >= 0.6 is 15.9 Å². The van der Waals surface area contributed by atoms with Gasteiger partial charge in [-0.2, -0.15) is 5.10 Å². The second kappa shape index (κ2) is 2.33. The molecule has 0 atom stereocenters. The Kier molecular flexibility index (Phi) is 1.80. The average molecular weight is 226 g/mol. The summed E-state index contributed by atoms with van der Waals surface area (Å²) in [6, 6.07) is 0. The summed E-state index contributed by atoms with van der Waals surface area (Å²) >= 11 is 2.95. The number of sulfonamides is 1. The van der Waals surface area contributed by atoms with E-state index in [2.05, 4.69) is 26.1 Å². The van der Waals surface area contributed by atoms with Gasteiger partial charge in [-0.05, 0) is 15.9 Å². The van der Waals surface area contributed by atoms with E-state index in [0.717, 1.165) is 0 Å². The van der Waals surface area contributed by atoms with Crippen LogP contribution in [0.4, 0.5) is 0 Å². The normalized spacial score (nSPS) is 11.8. The third kappa shape index (κ3) is 1.36. The zero-order valence-corrected chi connectivity index (χ0v) is 7.11. The standard InChI is InChI=1S/C3H4BrN3O2S/c4-2-1-6-7-3(2)10(5,8)9/h1H,(H,6,7)(H2,5,8,9). The van der Waals surface area contributed by atoms with E-state index in [1.165, 1.54) is 6.20 Å². The minimum atomic E-state index is -3.66. The molecule has 0 aromatic carbocycles. The Bertz CT molecular complexity index is 329. The van der Waals surface area contributed by atoms with E-state index in [1.54, 1.807) is 0 Å². The van der Waals surface area contributed by atoms with Crippen LogP contribution in [0.2, 0.25) is 0 Å². The first-order chi connectivity index (χ1) is 4.52. The van der Waals surface area contributed by atoms with Crippen molar-refractivity contribution < 1.29 is 8.42 Å². The number of nitrogens with zero attached hydrogens (tertiary/aromatic N) is 1. The van der Waals surface area contributed by atoms with Gasteiger partial charge in [0, 0.05) is 0 Å². The van der Waals surface area contributed by atoms with Crippen molar-refractivity contribution in [2.24, 2.45) is 5.14 Å². The lowest BCUT2D eigenvalue weighted by Gasteiger charge is -1.90. The topological polar surface area (TPSA) is 88.8 Å². The molecule has 1 heterocycles. The first-order valence-corrected chi connectivity index (χ1v) is 4.57. The fraction of sp³-hybridized carbons (Fsp3) is 0. The smallest absolute Gasteiger partial charge is 0.256 e. The van der Waals surface area contributed by atoms with Crippen molar-refractivity contribution in [3.63, 3.8) is 0 Å². The van der Waals surface area contributed by atoms with Crippen molar-refractivity contribution in [3.05, 3.63) is 10.7 Å². The molecule has 0 amide bonds. The lowest BCUT2D eigenvalue weighted by Crippen LogP contribution is -2.13. The van der Waals surface area contributed by atoms with E-state index in [4.69, 9.17) is 5.14 Å². The lowest BCUT2D eigenvalue weighted by atomic mass is 10.8. The van der Waals surface area contributed by atoms with Crippen LogP contribution in [0.1, 0.15) is 0 Å². The lowest BCUT2D eigenvalue weighted by molar-refractivity contribution is 0.593. The Balaban J connectivity index is 3.32. The molecule has 1 aromatic rings. The van der Waals surface area contributed by atoms with Crippen LogP contribution in [0.5, 0.6) is 0 Å². The largest absolute Gasteiger partial charge is 0.265 e. The van der Waals surface area contributed by atoms with Gasteiger partial charge in [0.15, 0.2) is 5.03 Å². The monoisotopic (exact) mass is 225 g/mol. The molecule has 0 aliphatic rings. The first kappa shape index (κ1) is 7.70. The molecule has 0 bridgehead atoms. The molecule has 7 heteroatoms. The van der Waals surface area contributed by atoms with Crippen LogP contribution in [0, 0.1) is 0 Å². The molecule has 5 nitrogen and oxygen atoms in total. The molecule has 10 heavy (non-hydrogen) atoms. The second-order valence-corrected chi connectivity index (χ2v) is 3.94. The van der Waals surface area contributed by atoms with Crippen LogP contribution in [-0.2, 0) is 10.0 Å². The molecular formula is C3H4BrN3O2S. The third-order valence-electron chi connectivity index (χ3n) is 0.845.